The first kappa shape index (κ1) is 25.5. The normalized spacial score (nSPS) is 14.4. The molecule has 0 unspecified atom stereocenters. The van der Waals surface area contributed by atoms with Gasteiger partial charge in [0.05, 0.1) is 18.6 Å². The van der Waals surface area contributed by atoms with Gasteiger partial charge in [0.15, 0.2) is 11.5 Å². The number of allylic oxidation sites excluding steroid dienone is 1. The van der Waals surface area contributed by atoms with Crippen molar-refractivity contribution in [3.05, 3.63) is 111 Å². The average molecular weight is 524 g/mol. The van der Waals surface area contributed by atoms with Crippen LogP contribution in [0.1, 0.15) is 22.3 Å². The zero-order chi connectivity index (χ0) is 25.7. The molecule has 1 fully saturated rings. The molecule has 3 aromatic rings. The van der Waals surface area contributed by atoms with E-state index in [2.05, 4.69) is 6.58 Å². The summed E-state index contributed by atoms with van der Waals surface area (Å²) in [5.74, 6) is 0.117. The fourth-order valence-corrected chi connectivity index (χ4v) is 4.67. The van der Waals surface area contributed by atoms with Crippen LogP contribution in [0, 0.1) is 5.82 Å². The Kier molecular flexibility index (Phi) is 8.13. The van der Waals surface area contributed by atoms with Crippen molar-refractivity contribution in [2.24, 2.45) is 0 Å². The molecule has 184 valence electrons. The predicted molar refractivity (Wildman–Crippen MR) is 141 cm³/mol. The molecule has 0 saturated carbocycles. The first-order valence-corrected chi connectivity index (χ1v) is 12.3. The van der Waals surface area contributed by atoms with E-state index in [1.807, 2.05) is 18.2 Å². The first-order valence-electron chi connectivity index (χ1n) is 11.1. The Morgan fingerprint density at radius 3 is 2.53 bits per heavy atom. The Morgan fingerprint density at radius 1 is 1.08 bits per heavy atom. The molecule has 5 nitrogen and oxygen atoms in total. The zero-order valence-electron chi connectivity index (χ0n) is 19.5. The minimum absolute atomic E-state index is 0.128. The molecule has 2 amide bonds. The lowest BCUT2D eigenvalue weighted by Gasteiger charge is -2.16. The van der Waals surface area contributed by atoms with Crippen molar-refractivity contribution in [1.29, 1.82) is 0 Å². The van der Waals surface area contributed by atoms with Gasteiger partial charge in [-0.2, -0.15) is 0 Å². The van der Waals surface area contributed by atoms with Crippen molar-refractivity contribution in [2.45, 2.75) is 19.6 Å². The summed E-state index contributed by atoms with van der Waals surface area (Å²) in [6.07, 6.45) is 3.88. The van der Waals surface area contributed by atoms with E-state index in [4.69, 9.17) is 21.1 Å². The SMILES string of the molecule is C=CCc1cc(/C=C2\SC(=O)N(Cc3ccccc3F)C2=O)cc(OC)c1OCc1ccc(Cl)cc1. The van der Waals surface area contributed by atoms with Crippen LogP contribution in [0.25, 0.3) is 6.08 Å². The van der Waals surface area contributed by atoms with E-state index in [0.717, 1.165) is 27.8 Å². The predicted octanol–water partition coefficient (Wildman–Crippen LogP) is 7.03. The van der Waals surface area contributed by atoms with Gasteiger partial charge in [0.2, 0.25) is 0 Å². The van der Waals surface area contributed by atoms with E-state index >= 15 is 0 Å². The quantitative estimate of drug-likeness (QED) is 0.222. The van der Waals surface area contributed by atoms with Gasteiger partial charge in [0.1, 0.15) is 12.4 Å². The summed E-state index contributed by atoms with van der Waals surface area (Å²) in [4.78, 5) is 26.8. The Bertz CT molecular complexity index is 1340. The molecule has 4 rings (SSSR count). The number of carbonyl (C=O) groups is 2. The molecule has 3 aromatic carbocycles. The van der Waals surface area contributed by atoms with Crippen molar-refractivity contribution in [1.82, 2.24) is 4.90 Å². The number of hydrogen-bond acceptors (Lipinski definition) is 5. The standard InChI is InChI=1S/C28H23ClFNO4S/c1-3-6-20-13-19(14-24(34-2)26(20)35-17-18-9-11-22(29)12-10-18)15-25-27(32)31(28(33)36-25)16-21-7-4-5-8-23(21)30/h3-5,7-15H,1,6,16-17H2,2H3/b25-15-. The molecule has 1 aliphatic heterocycles. The summed E-state index contributed by atoms with van der Waals surface area (Å²) >= 11 is 6.78. The van der Waals surface area contributed by atoms with Crippen molar-refractivity contribution in [3.8, 4) is 11.5 Å². The van der Waals surface area contributed by atoms with Crippen LogP contribution in [0.2, 0.25) is 5.02 Å². The Hall–Kier alpha value is -3.55. The van der Waals surface area contributed by atoms with Gasteiger partial charge in [-0.1, -0.05) is 48.0 Å². The summed E-state index contributed by atoms with van der Waals surface area (Å²) in [6, 6.07) is 17.0. The van der Waals surface area contributed by atoms with Gasteiger partial charge >= 0.3 is 0 Å². The number of methoxy groups -OCH3 is 1. The highest BCUT2D eigenvalue weighted by molar-refractivity contribution is 8.18. The smallest absolute Gasteiger partial charge is 0.293 e. The maximum Gasteiger partial charge on any atom is 0.293 e. The summed E-state index contributed by atoms with van der Waals surface area (Å²) < 4.78 is 25.7. The number of carbonyl (C=O) groups excluding carboxylic acids is 2. The van der Waals surface area contributed by atoms with Crippen LogP contribution in [-0.4, -0.2) is 23.2 Å². The van der Waals surface area contributed by atoms with E-state index in [1.54, 1.807) is 48.6 Å². The average Bonchev–Trinajstić information content (AvgIpc) is 3.12. The Balaban J connectivity index is 1.59. The van der Waals surface area contributed by atoms with Gasteiger partial charge < -0.3 is 9.47 Å². The number of imide groups is 1. The Labute approximate surface area is 218 Å². The largest absolute Gasteiger partial charge is 0.493 e. The summed E-state index contributed by atoms with van der Waals surface area (Å²) in [5, 5.41) is 0.196. The highest BCUT2D eigenvalue weighted by atomic mass is 35.5. The number of nitrogens with zero attached hydrogens (tertiary/aromatic N) is 1. The number of thioether (sulfide) groups is 1. The molecule has 0 atom stereocenters. The van der Waals surface area contributed by atoms with Gasteiger partial charge in [0, 0.05) is 16.1 Å². The topological polar surface area (TPSA) is 55.8 Å². The lowest BCUT2D eigenvalue weighted by molar-refractivity contribution is -0.123. The van der Waals surface area contributed by atoms with Crippen LogP contribution < -0.4 is 9.47 Å². The minimum atomic E-state index is -0.472. The van der Waals surface area contributed by atoms with E-state index in [0.29, 0.717) is 35.1 Å². The van der Waals surface area contributed by atoms with Crippen LogP contribution in [0.15, 0.2) is 78.2 Å². The van der Waals surface area contributed by atoms with Gasteiger partial charge in [-0.15, -0.1) is 6.58 Å². The fourth-order valence-electron chi connectivity index (χ4n) is 3.71. The van der Waals surface area contributed by atoms with E-state index < -0.39 is 17.0 Å². The van der Waals surface area contributed by atoms with E-state index in [1.165, 1.54) is 13.2 Å². The summed E-state index contributed by atoms with van der Waals surface area (Å²) in [5.41, 5.74) is 2.70. The van der Waals surface area contributed by atoms with Crippen LogP contribution in [0.4, 0.5) is 9.18 Å². The second kappa shape index (κ2) is 11.5. The molecule has 1 aliphatic rings. The lowest BCUT2D eigenvalue weighted by atomic mass is 10.0. The number of amides is 2. The highest BCUT2D eigenvalue weighted by Crippen LogP contribution is 2.38. The van der Waals surface area contributed by atoms with Gasteiger partial charge in [-0.05, 0) is 65.7 Å². The molecule has 0 radical (unpaired) electrons. The van der Waals surface area contributed by atoms with Crippen molar-refractivity contribution < 1.29 is 23.5 Å². The highest BCUT2D eigenvalue weighted by Gasteiger charge is 2.35. The zero-order valence-corrected chi connectivity index (χ0v) is 21.1. The molecule has 36 heavy (non-hydrogen) atoms. The molecule has 0 bridgehead atoms. The number of rotatable bonds is 9. The lowest BCUT2D eigenvalue weighted by Crippen LogP contribution is -2.27. The van der Waals surface area contributed by atoms with Crippen LogP contribution in [0.5, 0.6) is 11.5 Å². The van der Waals surface area contributed by atoms with Crippen molar-refractivity contribution in [3.63, 3.8) is 0 Å². The molecule has 0 aliphatic carbocycles. The van der Waals surface area contributed by atoms with Gasteiger partial charge in [0.25, 0.3) is 11.1 Å². The van der Waals surface area contributed by atoms with E-state index in [9.17, 15) is 14.0 Å². The second-order valence-electron chi connectivity index (χ2n) is 7.98. The maximum absolute atomic E-state index is 14.1. The van der Waals surface area contributed by atoms with Crippen molar-refractivity contribution in [2.75, 3.05) is 7.11 Å². The molecule has 0 spiro atoms. The number of benzene rings is 3. The molecule has 1 heterocycles. The molecule has 1 saturated heterocycles. The maximum atomic E-state index is 14.1. The van der Waals surface area contributed by atoms with Crippen molar-refractivity contribution >= 4 is 40.6 Å². The number of hydrogen-bond donors (Lipinski definition) is 0. The Morgan fingerprint density at radius 2 is 1.83 bits per heavy atom. The third kappa shape index (κ3) is 5.80. The molecular formula is C28H23ClFNO4S. The second-order valence-corrected chi connectivity index (χ2v) is 9.41. The van der Waals surface area contributed by atoms with Crippen LogP contribution in [0.3, 0.4) is 0 Å². The molecule has 0 N–H and O–H groups in total. The van der Waals surface area contributed by atoms with Gasteiger partial charge in [-0.3, -0.25) is 14.5 Å². The minimum Gasteiger partial charge on any atom is -0.493 e. The number of halogens is 2. The first-order chi connectivity index (χ1) is 17.4. The molecule has 0 aromatic heterocycles. The summed E-state index contributed by atoms with van der Waals surface area (Å²) in [6.45, 7) is 4.01. The third-order valence-electron chi connectivity index (χ3n) is 5.49. The number of ether oxygens (including phenoxy) is 2. The van der Waals surface area contributed by atoms with Gasteiger partial charge in [-0.25, -0.2) is 4.39 Å². The summed E-state index contributed by atoms with van der Waals surface area (Å²) in [7, 11) is 1.54. The van der Waals surface area contributed by atoms with E-state index in [-0.39, 0.29) is 17.0 Å². The molecular weight excluding hydrogens is 501 g/mol. The third-order valence-corrected chi connectivity index (χ3v) is 6.65. The molecule has 8 heteroatoms. The van der Waals surface area contributed by atoms with Crippen LogP contribution in [-0.2, 0) is 24.4 Å². The monoisotopic (exact) mass is 523 g/mol. The van der Waals surface area contributed by atoms with Crippen LogP contribution >= 0.6 is 23.4 Å². The fraction of sp³-hybridized carbons (Fsp3) is 0.143.